The Morgan fingerprint density at radius 3 is 3.05 bits per heavy atom. The van der Waals surface area contributed by atoms with Crippen molar-refractivity contribution in [2.45, 2.75) is 6.54 Å². The summed E-state index contributed by atoms with van der Waals surface area (Å²) in [6.45, 7) is 2.25. The highest BCUT2D eigenvalue weighted by atomic mass is 127. The maximum atomic E-state index is 4.98. The summed E-state index contributed by atoms with van der Waals surface area (Å²) in [5, 5.41) is 13.6. The fourth-order valence-electron chi connectivity index (χ4n) is 1.46. The molecule has 1 heterocycles. The zero-order chi connectivity index (χ0) is 13.7. The van der Waals surface area contributed by atoms with Crippen molar-refractivity contribution in [3.63, 3.8) is 0 Å². The minimum absolute atomic E-state index is 0.702. The zero-order valence-corrected chi connectivity index (χ0v) is 14.9. The standard InChI is InChI=1S/C12H13BrIN3OS/c1-18-5-4-15-7-11-16-17-12(19-11)9-6-8(14)2-3-10(9)13/h2-3,6,15H,4-5,7H2,1H3. The van der Waals surface area contributed by atoms with Gasteiger partial charge in [0.05, 0.1) is 6.61 Å². The van der Waals surface area contributed by atoms with E-state index in [0.717, 1.165) is 33.1 Å². The van der Waals surface area contributed by atoms with E-state index in [-0.39, 0.29) is 0 Å². The van der Waals surface area contributed by atoms with Crippen LogP contribution in [-0.4, -0.2) is 30.5 Å². The molecule has 0 radical (unpaired) electrons. The summed E-state index contributed by atoms with van der Waals surface area (Å²) in [6, 6.07) is 6.20. The summed E-state index contributed by atoms with van der Waals surface area (Å²) in [4.78, 5) is 0. The minimum Gasteiger partial charge on any atom is -0.383 e. The van der Waals surface area contributed by atoms with E-state index in [1.807, 2.05) is 6.07 Å². The molecule has 0 saturated carbocycles. The van der Waals surface area contributed by atoms with Gasteiger partial charge in [-0.15, -0.1) is 10.2 Å². The summed E-state index contributed by atoms with van der Waals surface area (Å²) >= 11 is 7.46. The molecule has 0 unspecified atom stereocenters. The van der Waals surface area contributed by atoms with E-state index in [1.165, 1.54) is 3.57 Å². The number of aromatic nitrogens is 2. The van der Waals surface area contributed by atoms with Crippen molar-refractivity contribution in [2.75, 3.05) is 20.3 Å². The van der Waals surface area contributed by atoms with E-state index in [9.17, 15) is 0 Å². The van der Waals surface area contributed by atoms with Crippen molar-refractivity contribution in [1.29, 1.82) is 0 Å². The van der Waals surface area contributed by atoms with E-state index >= 15 is 0 Å². The van der Waals surface area contributed by atoms with Crippen LogP contribution in [0.2, 0.25) is 0 Å². The van der Waals surface area contributed by atoms with Gasteiger partial charge < -0.3 is 10.1 Å². The SMILES string of the molecule is COCCNCc1nnc(-c2cc(I)ccc2Br)s1. The van der Waals surface area contributed by atoms with Gasteiger partial charge in [0, 0.05) is 33.8 Å². The van der Waals surface area contributed by atoms with Crippen molar-refractivity contribution in [2.24, 2.45) is 0 Å². The van der Waals surface area contributed by atoms with Crippen LogP contribution in [0.3, 0.4) is 0 Å². The fourth-order valence-corrected chi connectivity index (χ4v) is 3.36. The predicted octanol–water partition coefficient (Wildman–Crippen LogP) is 3.31. The highest BCUT2D eigenvalue weighted by Crippen LogP contribution is 2.31. The van der Waals surface area contributed by atoms with Gasteiger partial charge in [-0.2, -0.15) is 0 Å². The van der Waals surface area contributed by atoms with E-state index < -0.39 is 0 Å². The Labute approximate surface area is 138 Å². The smallest absolute Gasteiger partial charge is 0.149 e. The largest absolute Gasteiger partial charge is 0.383 e. The number of halogens is 2. The summed E-state index contributed by atoms with van der Waals surface area (Å²) in [6.07, 6.45) is 0. The summed E-state index contributed by atoms with van der Waals surface area (Å²) < 4.78 is 7.21. The first-order chi connectivity index (χ1) is 9.20. The Morgan fingerprint density at radius 1 is 1.42 bits per heavy atom. The molecular formula is C12H13BrIN3OS. The van der Waals surface area contributed by atoms with Crippen molar-refractivity contribution in [3.8, 4) is 10.6 Å². The average molecular weight is 454 g/mol. The second-order valence-corrected chi connectivity index (χ2v) is 6.96. The van der Waals surface area contributed by atoms with E-state index in [1.54, 1.807) is 18.4 Å². The van der Waals surface area contributed by atoms with Crippen LogP contribution in [0, 0.1) is 3.57 Å². The van der Waals surface area contributed by atoms with Gasteiger partial charge in [0.25, 0.3) is 0 Å². The molecule has 7 heteroatoms. The Hall–Kier alpha value is -0.0900. The number of methoxy groups -OCH3 is 1. The molecule has 0 spiro atoms. The van der Waals surface area contributed by atoms with Crippen molar-refractivity contribution < 1.29 is 4.74 Å². The van der Waals surface area contributed by atoms with Gasteiger partial charge in [0.2, 0.25) is 0 Å². The molecule has 102 valence electrons. The molecule has 0 aliphatic rings. The lowest BCUT2D eigenvalue weighted by molar-refractivity contribution is 0.199. The van der Waals surface area contributed by atoms with Crippen LogP contribution in [0.25, 0.3) is 10.6 Å². The van der Waals surface area contributed by atoms with Gasteiger partial charge in [-0.3, -0.25) is 0 Å². The normalized spacial score (nSPS) is 10.9. The van der Waals surface area contributed by atoms with Crippen LogP contribution in [0.15, 0.2) is 22.7 Å². The van der Waals surface area contributed by atoms with Gasteiger partial charge in [-0.05, 0) is 40.8 Å². The Balaban J connectivity index is 2.06. The van der Waals surface area contributed by atoms with Crippen LogP contribution in [0.1, 0.15) is 5.01 Å². The molecule has 0 aliphatic carbocycles. The first-order valence-electron chi connectivity index (χ1n) is 5.68. The lowest BCUT2D eigenvalue weighted by atomic mass is 10.2. The Kier molecular flexibility index (Phi) is 6.14. The Bertz CT molecular complexity index is 550. The monoisotopic (exact) mass is 453 g/mol. The maximum absolute atomic E-state index is 4.98. The second-order valence-electron chi connectivity index (χ2n) is 3.79. The fraction of sp³-hybridized carbons (Fsp3) is 0.333. The number of ether oxygens (including phenoxy) is 1. The molecule has 0 amide bonds. The van der Waals surface area contributed by atoms with Gasteiger partial charge in [-0.25, -0.2) is 0 Å². The Morgan fingerprint density at radius 2 is 2.26 bits per heavy atom. The van der Waals surface area contributed by atoms with E-state index in [2.05, 4.69) is 66.2 Å². The molecule has 0 fully saturated rings. The quantitative estimate of drug-likeness (QED) is 0.538. The average Bonchev–Trinajstić information content (AvgIpc) is 2.86. The molecule has 0 saturated heterocycles. The second kappa shape index (κ2) is 7.63. The maximum Gasteiger partial charge on any atom is 0.149 e. The highest BCUT2D eigenvalue weighted by molar-refractivity contribution is 14.1. The molecule has 0 atom stereocenters. The molecule has 0 bridgehead atoms. The number of nitrogens with one attached hydrogen (secondary N) is 1. The van der Waals surface area contributed by atoms with Crippen molar-refractivity contribution >= 4 is 49.9 Å². The van der Waals surface area contributed by atoms with Crippen LogP contribution in [-0.2, 0) is 11.3 Å². The molecule has 4 nitrogen and oxygen atoms in total. The lowest BCUT2D eigenvalue weighted by Gasteiger charge is -2.00. The summed E-state index contributed by atoms with van der Waals surface area (Å²) in [5.41, 5.74) is 1.09. The van der Waals surface area contributed by atoms with Gasteiger partial charge >= 0.3 is 0 Å². The van der Waals surface area contributed by atoms with Gasteiger partial charge in [-0.1, -0.05) is 27.3 Å². The molecule has 1 aromatic carbocycles. The molecule has 19 heavy (non-hydrogen) atoms. The number of nitrogens with zero attached hydrogens (tertiary/aromatic N) is 2. The van der Waals surface area contributed by atoms with Gasteiger partial charge in [0.1, 0.15) is 10.0 Å². The number of rotatable bonds is 6. The molecule has 1 N–H and O–H groups in total. The third-order valence-electron chi connectivity index (χ3n) is 2.38. The molecule has 0 aliphatic heterocycles. The van der Waals surface area contributed by atoms with Crippen LogP contribution < -0.4 is 5.32 Å². The number of hydrogen-bond donors (Lipinski definition) is 1. The van der Waals surface area contributed by atoms with Crippen LogP contribution >= 0.6 is 49.9 Å². The van der Waals surface area contributed by atoms with Gasteiger partial charge in [0.15, 0.2) is 0 Å². The zero-order valence-electron chi connectivity index (χ0n) is 10.3. The first-order valence-corrected chi connectivity index (χ1v) is 8.37. The number of hydrogen-bond acceptors (Lipinski definition) is 5. The molecule has 2 aromatic rings. The molecule has 1 aromatic heterocycles. The minimum atomic E-state index is 0.702. The van der Waals surface area contributed by atoms with E-state index in [0.29, 0.717) is 6.61 Å². The molecular weight excluding hydrogens is 441 g/mol. The first kappa shape index (κ1) is 15.3. The summed E-state index contributed by atoms with van der Waals surface area (Å²) in [7, 11) is 1.69. The van der Waals surface area contributed by atoms with Crippen LogP contribution in [0.4, 0.5) is 0 Å². The van der Waals surface area contributed by atoms with Crippen molar-refractivity contribution in [1.82, 2.24) is 15.5 Å². The third-order valence-corrected chi connectivity index (χ3v) is 4.70. The lowest BCUT2D eigenvalue weighted by Crippen LogP contribution is -2.18. The molecule has 2 rings (SSSR count). The van der Waals surface area contributed by atoms with Crippen LogP contribution in [0.5, 0.6) is 0 Å². The van der Waals surface area contributed by atoms with E-state index in [4.69, 9.17) is 4.74 Å². The highest BCUT2D eigenvalue weighted by Gasteiger charge is 2.10. The van der Waals surface area contributed by atoms with Crippen molar-refractivity contribution in [3.05, 3.63) is 31.2 Å². The predicted molar refractivity (Wildman–Crippen MR) is 89.3 cm³/mol. The third kappa shape index (κ3) is 4.45. The topological polar surface area (TPSA) is 47.0 Å². The summed E-state index contributed by atoms with van der Waals surface area (Å²) in [5.74, 6) is 0. The number of benzene rings is 1.